The highest BCUT2D eigenvalue weighted by Crippen LogP contribution is 2.30. The minimum absolute atomic E-state index is 0.0149. The van der Waals surface area contributed by atoms with E-state index in [0.717, 1.165) is 19.3 Å². The Labute approximate surface area is 119 Å². The molecule has 0 aromatic heterocycles. The zero-order valence-electron chi connectivity index (χ0n) is 12.3. The molecule has 0 bridgehead atoms. The van der Waals surface area contributed by atoms with E-state index < -0.39 is 12.1 Å². The van der Waals surface area contributed by atoms with Gasteiger partial charge in [0.1, 0.15) is 0 Å². The van der Waals surface area contributed by atoms with Crippen LogP contribution in [0.4, 0.5) is 4.79 Å². The zero-order valence-corrected chi connectivity index (χ0v) is 12.3. The van der Waals surface area contributed by atoms with Crippen LogP contribution in [0.2, 0.25) is 0 Å². The number of amides is 2. The number of aliphatic carboxylic acids is 1. The molecule has 0 aromatic rings. The third kappa shape index (κ3) is 5.36. The van der Waals surface area contributed by atoms with Gasteiger partial charge < -0.3 is 20.8 Å². The van der Waals surface area contributed by atoms with Crippen molar-refractivity contribution in [3.05, 3.63) is 0 Å². The van der Waals surface area contributed by atoms with Crippen LogP contribution in [0.1, 0.15) is 46.0 Å². The second-order valence-corrected chi connectivity index (χ2v) is 5.84. The number of aliphatic hydroxyl groups excluding tert-OH is 1. The van der Waals surface area contributed by atoms with Gasteiger partial charge in [0.25, 0.3) is 0 Å². The summed E-state index contributed by atoms with van der Waals surface area (Å²) in [6.45, 7) is 4.50. The number of carbonyl (C=O) groups is 2. The topological polar surface area (TPSA) is 98.7 Å². The number of hydrogen-bond acceptors (Lipinski definition) is 3. The van der Waals surface area contributed by atoms with Crippen LogP contribution in [0, 0.1) is 11.8 Å². The molecule has 1 aliphatic carbocycles. The van der Waals surface area contributed by atoms with E-state index in [-0.39, 0.29) is 25.0 Å². The van der Waals surface area contributed by atoms with Crippen molar-refractivity contribution in [3.63, 3.8) is 0 Å². The summed E-state index contributed by atoms with van der Waals surface area (Å²) in [5.74, 6) is -0.229. The molecule has 116 valence electrons. The van der Waals surface area contributed by atoms with Crippen molar-refractivity contribution >= 4 is 12.0 Å². The fourth-order valence-electron chi connectivity index (χ4n) is 2.80. The Bertz CT molecular complexity index is 333. The van der Waals surface area contributed by atoms with Crippen molar-refractivity contribution in [2.45, 2.75) is 58.1 Å². The summed E-state index contributed by atoms with van der Waals surface area (Å²) in [6, 6.07) is -0.0896. The number of urea groups is 1. The Kier molecular flexibility index (Phi) is 6.78. The molecule has 0 aliphatic heterocycles. The molecule has 1 saturated carbocycles. The van der Waals surface area contributed by atoms with Gasteiger partial charge in [-0.15, -0.1) is 0 Å². The van der Waals surface area contributed by atoms with Gasteiger partial charge >= 0.3 is 12.0 Å². The fraction of sp³-hybridized carbons (Fsp3) is 0.857. The molecule has 0 spiro atoms. The van der Waals surface area contributed by atoms with E-state index in [4.69, 9.17) is 10.2 Å². The fourth-order valence-corrected chi connectivity index (χ4v) is 2.80. The van der Waals surface area contributed by atoms with Gasteiger partial charge in [0.15, 0.2) is 6.10 Å². The van der Waals surface area contributed by atoms with Crippen LogP contribution in [-0.2, 0) is 4.79 Å². The maximum atomic E-state index is 11.8. The molecule has 0 saturated heterocycles. The third-order valence-electron chi connectivity index (χ3n) is 3.98. The maximum Gasteiger partial charge on any atom is 0.332 e. The molecular weight excluding hydrogens is 260 g/mol. The van der Waals surface area contributed by atoms with Gasteiger partial charge in [-0.25, -0.2) is 9.59 Å². The van der Waals surface area contributed by atoms with Gasteiger partial charge in [0, 0.05) is 19.0 Å². The van der Waals surface area contributed by atoms with Gasteiger partial charge in [0.2, 0.25) is 0 Å². The molecule has 4 N–H and O–H groups in total. The van der Waals surface area contributed by atoms with Crippen LogP contribution < -0.4 is 10.6 Å². The molecule has 0 heterocycles. The highest BCUT2D eigenvalue weighted by molar-refractivity contribution is 5.74. The molecule has 1 rings (SSSR count). The van der Waals surface area contributed by atoms with E-state index in [0.29, 0.717) is 11.8 Å². The molecular formula is C14H26N2O4. The first-order valence-corrected chi connectivity index (χ1v) is 7.37. The normalized spacial score (nSPS) is 24.2. The summed E-state index contributed by atoms with van der Waals surface area (Å²) in [5.41, 5.74) is 0. The molecule has 20 heavy (non-hydrogen) atoms. The maximum absolute atomic E-state index is 11.8. The van der Waals surface area contributed by atoms with Gasteiger partial charge in [-0.2, -0.15) is 0 Å². The molecule has 3 atom stereocenters. The van der Waals surface area contributed by atoms with Crippen molar-refractivity contribution in [2.24, 2.45) is 11.8 Å². The van der Waals surface area contributed by atoms with Crippen molar-refractivity contribution in [1.29, 1.82) is 0 Å². The number of aliphatic hydroxyl groups is 1. The number of carbonyl (C=O) groups excluding carboxylic acids is 1. The first-order valence-electron chi connectivity index (χ1n) is 7.37. The van der Waals surface area contributed by atoms with Crippen LogP contribution in [0.15, 0.2) is 0 Å². The summed E-state index contributed by atoms with van der Waals surface area (Å²) in [4.78, 5) is 22.2. The summed E-state index contributed by atoms with van der Waals surface area (Å²) < 4.78 is 0. The highest BCUT2D eigenvalue weighted by Gasteiger charge is 2.28. The van der Waals surface area contributed by atoms with Crippen LogP contribution in [-0.4, -0.2) is 40.9 Å². The third-order valence-corrected chi connectivity index (χ3v) is 3.98. The largest absolute Gasteiger partial charge is 0.479 e. The van der Waals surface area contributed by atoms with Gasteiger partial charge in [-0.1, -0.05) is 26.7 Å². The van der Waals surface area contributed by atoms with E-state index in [1.165, 1.54) is 6.42 Å². The number of carboxylic acid groups (broad SMARTS) is 1. The van der Waals surface area contributed by atoms with Gasteiger partial charge in [0.05, 0.1) is 0 Å². The second kappa shape index (κ2) is 8.09. The average Bonchev–Trinajstić information content (AvgIpc) is 2.38. The first-order chi connectivity index (χ1) is 9.41. The predicted molar refractivity (Wildman–Crippen MR) is 75.4 cm³/mol. The van der Waals surface area contributed by atoms with Crippen molar-refractivity contribution < 1.29 is 19.8 Å². The first kappa shape index (κ1) is 16.8. The van der Waals surface area contributed by atoms with E-state index in [2.05, 4.69) is 24.5 Å². The molecule has 0 radical (unpaired) electrons. The molecule has 2 amide bonds. The van der Waals surface area contributed by atoms with Crippen LogP contribution in [0.25, 0.3) is 0 Å². The average molecular weight is 286 g/mol. The highest BCUT2D eigenvalue weighted by atomic mass is 16.4. The van der Waals surface area contributed by atoms with Crippen LogP contribution >= 0.6 is 0 Å². The standard InChI is InChI=1S/C14H26N2O4/c1-9(2)10-5-3-4-6-11(10)16-14(20)15-8-7-12(17)13(18)19/h9-12,17H,3-8H2,1-2H3,(H,18,19)(H2,15,16,20). The summed E-state index contributed by atoms with van der Waals surface area (Å²) in [6.07, 6.45) is 3.07. The lowest BCUT2D eigenvalue weighted by atomic mass is 9.78. The van der Waals surface area contributed by atoms with E-state index in [9.17, 15) is 9.59 Å². The molecule has 3 unspecified atom stereocenters. The quantitative estimate of drug-likeness (QED) is 0.592. The van der Waals surface area contributed by atoms with Crippen molar-refractivity contribution in [2.75, 3.05) is 6.54 Å². The smallest absolute Gasteiger partial charge is 0.332 e. The summed E-state index contributed by atoms with van der Waals surface area (Å²) in [5, 5.41) is 23.2. The number of hydrogen-bond donors (Lipinski definition) is 4. The van der Waals surface area contributed by atoms with Crippen molar-refractivity contribution in [3.8, 4) is 0 Å². The molecule has 6 heteroatoms. The number of rotatable bonds is 6. The minimum atomic E-state index is -1.42. The predicted octanol–water partition coefficient (Wildman–Crippen LogP) is 1.34. The van der Waals surface area contributed by atoms with E-state index >= 15 is 0 Å². The van der Waals surface area contributed by atoms with Crippen LogP contribution in [0.3, 0.4) is 0 Å². The minimum Gasteiger partial charge on any atom is -0.479 e. The summed E-state index contributed by atoms with van der Waals surface area (Å²) >= 11 is 0. The SMILES string of the molecule is CC(C)C1CCCCC1NC(=O)NCCC(O)C(=O)O. The Morgan fingerprint density at radius 1 is 1.25 bits per heavy atom. The van der Waals surface area contributed by atoms with Crippen LogP contribution in [0.5, 0.6) is 0 Å². The molecule has 1 fully saturated rings. The molecule has 6 nitrogen and oxygen atoms in total. The summed E-state index contributed by atoms with van der Waals surface area (Å²) in [7, 11) is 0. The lowest BCUT2D eigenvalue weighted by molar-refractivity contribution is -0.146. The van der Waals surface area contributed by atoms with E-state index in [1.54, 1.807) is 0 Å². The Hall–Kier alpha value is -1.30. The number of carboxylic acids is 1. The van der Waals surface area contributed by atoms with Gasteiger partial charge in [-0.05, 0) is 24.7 Å². The lowest BCUT2D eigenvalue weighted by Crippen LogP contribution is -2.48. The lowest BCUT2D eigenvalue weighted by Gasteiger charge is -2.34. The second-order valence-electron chi connectivity index (χ2n) is 5.84. The monoisotopic (exact) mass is 286 g/mol. The van der Waals surface area contributed by atoms with Gasteiger partial charge in [-0.3, -0.25) is 0 Å². The number of nitrogens with one attached hydrogen (secondary N) is 2. The molecule has 0 aromatic carbocycles. The Morgan fingerprint density at radius 2 is 1.90 bits per heavy atom. The Morgan fingerprint density at radius 3 is 2.50 bits per heavy atom. The molecule has 1 aliphatic rings. The van der Waals surface area contributed by atoms with E-state index in [1.807, 2.05) is 0 Å². The van der Waals surface area contributed by atoms with Crippen molar-refractivity contribution in [1.82, 2.24) is 10.6 Å². The Balaban J connectivity index is 2.31. The zero-order chi connectivity index (χ0) is 15.1.